The zero-order valence-corrected chi connectivity index (χ0v) is 24.8. The molecule has 0 fully saturated rings. The Hall–Kier alpha value is -5.22. The van der Waals surface area contributed by atoms with Crippen LogP contribution >= 0.6 is 0 Å². The molecule has 208 valence electrons. The first-order chi connectivity index (χ1) is 20.9. The van der Waals surface area contributed by atoms with Crippen LogP contribution in [0.4, 0.5) is 0 Å². The van der Waals surface area contributed by atoms with E-state index in [0.29, 0.717) is 0 Å². The fraction of sp³-hybridized carbons (Fsp3) is 0.128. The van der Waals surface area contributed by atoms with Crippen molar-refractivity contribution in [1.82, 2.24) is 4.40 Å². The average molecular weight is 560 g/mol. The third kappa shape index (κ3) is 3.26. The van der Waals surface area contributed by atoms with Gasteiger partial charge in [0.1, 0.15) is 22.7 Å². The molecule has 3 aromatic heterocycles. The summed E-state index contributed by atoms with van der Waals surface area (Å²) < 4.78 is 19.9. The van der Waals surface area contributed by atoms with Crippen LogP contribution in [0.1, 0.15) is 16.7 Å². The molecule has 0 spiro atoms. The highest BCUT2D eigenvalue weighted by Crippen LogP contribution is 2.45. The Morgan fingerprint density at radius 1 is 0.535 bits per heavy atom. The zero-order valence-electron chi connectivity index (χ0n) is 24.8. The molecule has 0 aliphatic heterocycles. The number of hydrogen-bond donors (Lipinski definition) is 0. The van der Waals surface area contributed by atoms with Gasteiger partial charge in [-0.05, 0) is 114 Å². The van der Waals surface area contributed by atoms with Gasteiger partial charge in [0.2, 0.25) is 0 Å². The van der Waals surface area contributed by atoms with Crippen molar-refractivity contribution < 1.29 is 13.9 Å². The number of aryl methyl sites for hydroxylation is 3. The van der Waals surface area contributed by atoms with Crippen molar-refractivity contribution in [2.24, 2.45) is 0 Å². The molecule has 0 saturated heterocycles. The molecule has 0 aliphatic carbocycles. The number of hydrogen-bond acceptors (Lipinski definition) is 3. The molecule has 0 radical (unpaired) electrons. The average Bonchev–Trinajstić information content (AvgIpc) is 3.63. The number of fused-ring (bicyclic) bond motifs is 10. The van der Waals surface area contributed by atoms with Crippen LogP contribution in [0.2, 0.25) is 0 Å². The molecule has 0 saturated carbocycles. The standard InChI is InChI=1S/C39H29NO3/c1-20-10-21(2)38(22(3)11-20)25-14-32-28-8-6-26(41-4)18-35(28)40-34-16-23-13-31-29-9-7-27(42-5)19-37(29)43-36(31)17-24(23)12-30(34)33(15-25)39(32)40/h6-19H,1-5H3. The molecule has 9 aromatic rings. The molecule has 3 heterocycles. The molecule has 0 bridgehead atoms. The smallest absolute Gasteiger partial charge is 0.139 e. The van der Waals surface area contributed by atoms with E-state index in [1.807, 2.05) is 12.1 Å². The Labute approximate surface area is 248 Å². The predicted molar refractivity (Wildman–Crippen MR) is 179 cm³/mol. The van der Waals surface area contributed by atoms with Gasteiger partial charge in [-0.2, -0.15) is 0 Å². The Kier molecular flexibility index (Phi) is 4.78. The summed E-state index contributed by atoms with van der Waals surface area (Å²) >= 11 is 0. The third-order valence-corrected chi connectivity index (χ3v) is 9.32. The van der Waals surface area contributed by atoms with Crippen molar-refractivity contribution in [2.45, 2.75) is 20.8 Å². The summed E-state index contributed by atoms with van der Waals surface area (Å²) in [5.74, 6) is 1.65. The van der Waals surface area contributed by atoms with Crippen LogP contribution < -0.4 is 9.47 Å². The molecule has 0 amide bonds. The number of nitrogens with zero attached hydrogens (tertiary/aromatic N) is 1. The van der Waals surface area contributed by atoms with Gasteiger partial charge in [-0.15, -0.1) is 0 Å². The first kappa shape index (κ1) is 24.4. The Balaban J connectivity index is 1.43. The van der Waals surface area contributed by atoms with Crippen LogP contribution in [0.3, 0.4) is 0 Å². The second-order valence-electron chi connectivity index (χ2n) is 11.9. The van der Waals surface area contributed by atoms with E-state index in [9.17, 15) is 0 Å². The van der Waals surface area contributed by atoms with Gasteiger partial charge < -0.3 is 18.3 Å². The summed E-state index contributed by atoms with van der Waals surface area (Å²) in [5.41, 5.74) is 11.8. The number of furan rings is 1. The molecule has 4 nitrogen and oxygen atoms in total. The third-order valence-electron chi connectivity index (χ3n) is 9.32. The minimum atomic E-state index is 0.792. The first-order valence-corrected chi connectivity index (χ1v) is 14.6. The topological polar surface area (TPSA) is 36.0 Å². The molecule has 0 unspecified atom stereocenters. The number of aromatic nitrogens is 1. The molecule has 43 heavy (non-hydrogen) atoms. The minimum Gasteiger partial charge on any atom is -0.497 e. The minimum absolute atomic E-state index is 0.792. The highest BCUT2D eigenvalue weighted by molar-refractivity contribution is 6.26. The predicted octanol–water partition coefficient (Wildman–Crippen LogP) is 10.5. The lowest BCUT2D eigenvalue weighted by Gasteiger charge is -2.12. The largest absolute Gasteiger partial charge is 0.497 e. The van der Waals surface area contributed by atoms with Gasteiger partial charge in [-0.25, -0.2) is 0 Å². The van der Waals surface area contributed by atoms with Crippen molar-refractivity contribution in [3.8, 4) is 22.6 Å². The number of rotatable bonds is 3. The highest BCUT2D eigenvalue weighted by atomic mass is 16.5. The lowest BCUT2D eigenvalue weighted by molar-refractivity contribution is 0.414. The van der Waals surface area contributed by atoms with Gasteiger partial charge in [0.05, 0.1) is 30.8 Å². The van der Waals surface area contributed by atoms with Gasteiger partial charge >= 0.3 is 0 Å². The molecule has 0 aliphatic rings. The van der Waals surface area contributed by atoms with Crippen molar-refractivity contribution in [3.63, 3.8) is 0 Å². The molecule has 6 aromatic carbocycles. The number of ether oxygens (including phenoxy) is 2. The van der Waals surface area contributed by atoms with E-state index in [4.69, 9.17) is 13.9 Å². The zero-order chi connectivity index (χ0) is 29.1. The van der Waals surface area contributed by atoms with Crippen LogP contribution in [-0.2, 0) is 0 Å². The van der Waals surface area contributed by atoms with Crippen molar-refractivity contribution in [3.05, 3.63) is 102 Å². The van der Waals surface area contributed by atoms with Crippen LogP contribution in [0.25, 0.3) is 81.9 Å². The highest BCUT2D eigenvalue weighted by Gasteiger charge is 2.21. The van der Waals surface area contributed by atoms with Crippen LogP contribution in [-0.4, -0.2) is 18.6 Å². The van der Waals surface area contributed by atoms with E-state index in [1.54, 1.807) is 14.2 Å². The lowest BCUT2D eigenvalue weighted by Crippen LogP contribution is -1.90. The maximum Gasteiger partial charge on any atom is 0.139 e. The van der Waals surface area contributed by atoms with E-state index in [2.05, 4.69) is 98.0 Å². The van der Waals surface area contributed by atoms with Gasteiger partial charge in [-0.1, -0.05) is 17.7 Å². The van der Waals surface area contributed by atoms with Crippen molar-refractivity contribution in [2.75, 3.05) is 14.2 Å². The molecule has 0 atom stereocenters. The molecule has 4 heteroatoms. The van der Waals surface area contributed by atoms with Crippen LogP contribution in [0, 0.1) is 20.8 Å². The second-order valence-corrected chi connectivity index (χ2v) is 11.9. The molecule has 0 N–H and O–H groups in total. The molecular weight excluding hydrogens is 530 g/mol. The summed E-state index contributed by atoms with van der Waals surface area (Å²) in [6.07, 6.45) is 0. The lowest BCUT2D eigenvalue weighted by atomic mass is 9.91. The van der Waals surface area contributed by atoms with Gasteiger partial charge in [0.15, 0.2) is 0 Å². The SMILES string of the molecule is COc1ccc2c(c1)oc1cc3cc4c5cc(-c6c(C)cc(C)cc6C)cc6c7ccc(OC)cc7n(c4cc3cc12)c65. The van der Waals surface area contributed by atoms with E-state index in [0.717, 1.165) is 44.3 Å². The van der Waals surface area contributed by atoms with Gasteiger partial charge in [0, 0.05) is 44.5 Å². The quantitative estimate of drug-likeness (QED) is 0.216. The van der Waals surface area contributed by atoms with E-state index in [-0.39, 0.29) is 0 Å². The summed E-state index contributed by atoms with van der Waals surface area (Å²) in [5, 5.41) is 9.53. The fourth-order valence-electron chi connectivity index (χ4n) is 7.56. The van der Waals surface area contributed by atoms with Crippen LogP contribution in [0.5, 0.6) is 11.5 Å². The van der Waals surface area contributed by atoms with Crippen molar-refractivity contribution >= 4 is 70.8 Å². The van der Waals surface area contributed by atoms with Gasteiger partial charge in [0.25, 0.3) is 0 Å². The number of benzene rings is 6. The Bertz CT molecular complexity index is 2590. The van der Waals surface area contributed by atoms with Gasteiger partial charge in [-0.3, -0.25) is 0 Å². The Morgan fingerprint density at radius 2 is 1.14 bits per heavy atom. The maximum atomic E-state index is 6.32. The summed E-state index contributed by atoms with van der Waals surface area (Å²) in [6, 6.07) is 31.0. The monoisotopic (exact) mass is 559 g/mol. The Morgan fingerprint density at radius 3 is 1.88 bits per heavy atom. The summed E-state index contributed by atoms with van der Waals surface area (Å²) in [6.45, 7) is 6.62. The second kappa shape index (κ2) is 8.42. The first-order valence-electron chi connectivity index (χ1n) is 14.6. The molecule has 9 rings (SSSR count). The van der Waals surface area contributed by atoms with Crippen LogP contribution in [0.15, 0.2) is 89.3 Å². The maximum absolute atomic E-state index is 6.32. The van der Waals surface area contributed by atoms with Crippen molar-refractivity contribution in [1.29, 1.82) is 0 Å². The van der Waals surface area contributed by atoms with E-state index >= 15 is 0 Å². The number of methoxy groups -OCH3 is 2. The summed E-state index contributed by atoms with van der Waals surface area (Å²) in [4.78, 5) is 0. The molecular formula is C39H29NO3. The normalized spacial score (nSPS) is 12.3. The fourth-order valence-corrected chi connectivity index (χ4v) is 7.56. The summed E-state index contributed by atoms with van der Waals surface area (Å²) in [7, 11) is 3.42. The van der Waals surface area contributed by atoms with E-state index < -0.39 is 0 Å². The van der Waals surface area contributed by atoms with E-state index in [1.165, 1.54) is 65.8 Å².